The molecule has 2 aromatic heterocycles. The normalized spacial score (nSPS) is 23.7. The SMILES string of the molecule is CC[C@@H]1CN(c2nc(=O)n(C)c3c2nc(C)n3C[C@@H]2CCCO2)[C@@H](C)CN1[C@H](CC)c1ccc(Cl)cc1. The van der Waals surface area contributed by atoms with E-state index in [1.165, 1.54) is 5.56 Å². The van der Waals surface area contributed by atoms with Crippen molar-refractivity contribution in [2.24, 2.45) is 7.05 Å². The predicted molar refractivity (Wildman–Crippen MR) is 149 cm³/mol. The van der Waals surface area contributed by atoms with E-state index in [0.717, 1.165) is 67.4 Å². The van der Waals surface area contributed by atoms with Crippen LogP contribution in [0, 0.1) is 6.92 Å². The Morgan fingerprint density at radius 1 is 1.16 bits per heavy atom. The average Bonchev–Trinajstić information content (AvgIpc) is 3.52. The van der Waals surface area contributed by atoms with Crippen molar-refractivity contribution in [3.8, 4) is 0 Å². The summed E-state index contributed by atoms with van der Waals surface area (Å²) in [6, 6.07) is 9.08. The van der Waals surface area contributed by atoms with Crippen LogP contribution >= 0.6 is 11.6 Å². The van der Waals surface area contributed by atoms with Gasteiger partial charge in [-0.3, -0.25) is 9.47 Å². The molecule has 5 rings (SSSR count). The van der Waals surface area contributed by atoms with Crippen molar-refractivity contribution in [2.75, 3.05) is 24.6 Å². The van der Waals surface area contributed by atoms with Gasteiger partial charge < -0.3 is 14.2 Å². The minimum atomic E-state index is -0.244. The summed E-state index contributed by atoms with van der Waals surface area (Å²) in [5.41, 5.74) is 2.69. The molecule has 0 spiro atoms. The molecule has 1 aromatic carbocycles. The zero-order chi connectivity index (χ0) is 26.3. The fourth-order valence-electron chi connectivity index (χ4n) is 6.21. The molecule has 0 aliphatic carbocycles. The summed E-state index contributed by atoms with van der Waals surface area (Å²) < 4.78 is 9.69. The number of hydrogen-bond donors (Lipinski definition) is 0. The Labute approximate surface area is 224 Å². The molecule has 200 valence electrons. The van der Waals surface area contributed by atoms with E-state index in [0.29, 0.717) is 24.4 Å². The molecule has 37 heavy (non-hydrogen) atoms. The van der Waals surface area contributed by atoms with Crippen LogP contribution in [0.4, 0.5) is 5.82 Å². The number of nitrogens with zero attached hydrogens (tertiary/aromatic N) is 6. The van der Waals surface area contributed by atoms with Crippen LogP contribution in [0.2, 0.25) is 5.02 Å². The molecule has 0 amide bonds. The lowest BCUT2D eigenvalue weighted by molar-refractivity contribution is 0.0939. The van der Waals surface area contributed by atoms with Gasteiger partial charge in [-0.15, -0.1) is 0 Å². The molecule has 0 saturated carbocycles. The van der Waals surface area contributed by atoms with Crippen molar-refractivity contribution in [1.82, 2.24) is 24.0 Å². The minimum absolute atomic E-state index is 0.161. The molecule has 2 fully saturated rings. The molecule has 0 N–H and O–H groups in total. The topological polar surface area (TPSA) is 68.4 Å². The first-order valence-electron chi connectivity index (χ1n) is 13.7. The fourth-order valence-corrected chi connectivity index (χ4v) is 6.34. The summed E-state index contributed by atoms with van der Waals surface area (Å²) in [5.74, 6) is 1.60. The van der Waals surface area contributed by atoms with Crippen molar-refractivity contribution in [3.05, 3.63) is 51.2 Å². The standard InChI is InChI=1S/C28H39ClN6O2/c1-6-22-16-33(18(3)15-35(22)24(7-2)20-10-12-21(29)13-11-20)26-25-27(32(5)28(36)31-26)34(19(4)30-25)17-23-9-8-14-37-23/h10-13,18,22-24H,6-9,14-17H2,1-5H3/t18-,22+,23-,24+/m0/s1. The maximum Gasteiger partial charge on any atom is 0.350 e. The first-order valence-corrected chi connectivity index (χ1v) is 14.0. The number of piperazine rings is 1. The van der Waals surface area contributed by atoms with Crippen molar-refractivity contribution >= 4 is 28.6 Å². The van der Waals surface area contributed by atoms with E-state index >= 15 is 0 Å². The van der Waals surface area contributed by atoms with E-state index in [4.69, 9.17) is 21.3 Å². The summed E-state index contributed by atoms with van der Waals surface area (Å²) in [4.78, 5) is 27.6. The molecule has 8 nitrogen and oxygen atoms in total. The highest BCUT2D eigenvalue weighted by atomic mass is 35.5. The van der Waals surface area contributed by atoms with Crippen LogP contribution in [0.15, 0.2) is 29.1 Å². The predicted octanol–water partition coefficient (Wildman–Crippen LogP) is 4.71. The van der Waals surface area contributed by atoms with Gasteiger partial charge in [0.25, 0.3) is 0 Å². The number of imidazole rings is 1. The van der Waals surface area contributed by atoms with Gasteiger partial charge in [-0.25, -0.2) is 9.78 Å². The van der Waals surface area contributed by atoms with Gasteiger partial charge >= 0.3 is 5.69 Å². The van der Waals surface area contributed by atoms with Gasteiger partial charge in [0.05, 0.1) is 12.6 Å². The summed E-state index contributed by atoms with van der Waals surface area (Å²) in [5, 5.41) is 0.763. The third-order valence-electron chi connectivity index (χ3n) is 8.23. The van der Waals surface area contributed by atoms with Gasteiger partial charge in [0.15, 0.2) is 5.82 Å². The van der Waals surface area contributed by atoms with Crippen molar-refractivity contribution < 1.29 is 4.74 Å². The molecule has 0 radical (unpaired) electrons. The Morgan fingerprint density at radius 3 is 2.57 bits per heavy atom. The Bertz CT molecular complexity index is 1300. The first-order chi connectivity index (χ1) is 17.8. The second-order valence-electron chi connectivity index (χ2n) is 10.6. The van der Waals surface area contributed by atoms with Crippen LogP contribution in [0.1, 0.15) is 63.9 Å². The van der Waals surface area contributed by atoms with E-state index in [2.05, 4.69) is 52.3 Å². The van der Waals surface area contributed by atoms with Crippen molar-refractivity contribution in [1.29, 1.82) is 0 Å². The molecule has 2 aliphatic rings. The summed E-state index contributed by atoms with van der Waals surface area (Å²) in [6.45, 7) is 11.9. The molecule has 0 bridgehead atoms. The zero-order valence-electron chi connectivity index (χ0n) is 22.7. The molecule has 2 saturated heterocycles. The number of aryl methyl sites for hydroxylation is 2. The highest BCUT2D eigenvalue weighted by Gasteiger charge is 2.37. The lowest BCUT2D eigenvalue weighted by atomic mass is 9.96. The van der Waals surface area contributed by atoms with Gasteiger partial charge in [-0.05, 0) is 57.2 Å². The minimum Gasteiger partial charge on any atom is -0.376 e. The number of halogens is 1. The Hall–Kier alpha value is -2.42. The van der Waals surface area contributed by atoms with Crippen LogP contribution in [-0.2, 0) is 18.3 Å². The Morgan fingerprint density at radius 2 is 1.92 bits per heavy atom. The van der Waals surface area contributed by atoms with Gasteiger partial charge in [-0.2, -0.15) is 4.98 Å². The largest absolute Gasteiger partial charge is 0.376 e. The smallest absolute Gasteiger partial charge is 0.350 e. The number of fused-ring (bicyclic) bond motifs is 1. The van der Waals surface area contributed by atoms with Crippen LogP contribution in [0.5, 0.6) is 0 Å². The lowest BCUT2D eigenvalue weighted by Crippen LogP contribution is -2.58. The summed E-state index contributed by atoms with van der Waals surface area (Å²) >= 11 is 6.17. The Balaban J connectivity index is 1.50. The summed E-state index contributed by atoms with van der Waals surface area (Å²) in [7, 11) is 1.79. The molecule has 4 heterocycles. The van der Waals surface area contributed by atoms with Crippen molar-refractivity contribution in [2.45, 2.75) is 84.2 Å². The van der Waals surface area contributed by atoms with Crippen LogP contribution in [0.25, 0.3) is 11.2 Å². The lowest BCUT2D eigenvalue weighted by Gasteiger charge is -2.48. The van der Waals surface area contributed by atoms with E-state index in [9.17, 15) is 4.79 Å². The fraction of sp³-hybridized carbons (Fsp3) is 0.607. The number of ether oxygens (including phenoxy) is 1. The number of benzene rings is 1. The van der Waals surface area contributed by atoms with E-state index in [-0.39, 0.29) is 17.8 Å². The first kappa shape index (κ1) is 26.2. The van der Waals surface area contributed by atoms with Gasteiger partial charge in [0.2, 0.25) is 0 Å². The molecule has 0 unspecified atom stereocenters. The van der Waals surface area contributed by atoms with Gasteiger partial charge in [0.1, 0.15) is 17.0 Å². The van der Waals surface area contributed by atoms with Crippen LogP contribution in [-0.4, -0.2) is 61.9 Å². The number of hydrogen-bond acceptors (Lipinski definition) is 6. The van der Waals surface area contributed by atoms with Gasteiger partial charge in [0, 0.05) is 49.9 Å². The Kier molecular flexibility index (Phi) is 7.61. The monoisotopic (exact) mass is 526 g/mol. The highest BCUT2D eigenvalue weighted by molar-refractivity contribution is 6.30. The third kappa shape index (κ3) is 4.91. The molecular formula is C28H39ClN6O2. The maximum absolute atomic E-state index is 13.1. The number of anilines is 1. The number of aromatic nitrogens is 4. The second-order valence-corrected chi connectivity index (χ2v) is 11.0. The van der Waals surface area contributed by atoms with Crippen LogP contribution < -0.4 is 10.6 Å². The molecular weight excluding hydrogens is 488 g/mol. The highest BCUT2D eigenvalue weighted by Crippen LogP contribution is 2.35. The maximum atomic E-state index is 13.1. The van der Waals surface area contributed by atoms with E-state index in [1.54, 1.807) is 11.6 Å². The molecule has 9 heteroatoms. The van der Waals surface area contributed by atoms with E-state index < -0.39 is 0 Å². The van der Waals surface area contributed by atoms with Crippen molar-refractivity contribution in [3.63, 3.8) is 0 Å². The average molecular weight is 527 g/mol. The quantitative estimate of drug-likeness (QED) is 0.444. The molecule has 3 aromatic rings. The van der Waals surface area contributed by atoms with E-state index in [1.807, 2.05) is 19.1 Å². The molecule has 2 aliphatic heterocycles. The second kappa shape index (κ2) is 10.8. The zero-order valence-corrected chi connectivity index (χ0v) is 23.4. The summed E-state index contributed by atoms with van der Waals surface area (Å²) in [6.07, 6.45) is 4.30. The van der Waals surface area contributed by atoms with Gasteiger partial charge in [-0.1, -0.05) is 37.6 Å². The van der Waals surface area contributed by atoms with Crippen LogP contribution in [0.3, 0.4) is 0 Å². The molecule has 4 atom stereocenters. The number of rotatable bonds is 7. The third-order valence-corrected chi connectivity index (χ3v) is 8.48.